The lowest BCUT2D eigenvalue weighted by molar-refractivity contribution is -0.142. The lowest BCUT2D eigenvalue weighted by Gasteiger charge is -2.60. The Morgan fingerprint density at radius 2 is 1.70 bits per heavy atom. The quantitative estimate of drug-likeness (QED) is 0.0775. The van der Waals surface area contributed by atoms with Crippen LogP contribution < -0.4 is 9.47 Å². The molecule has 2 fully saturated rings. The fourth-order valence-corrected chi connectivity index (χ4v) is 9.89. The van der Waals surface area contributed by atoms with Crippen LogP contribution in [0, 0.1) is 5.92 Å². The van der Waals surface area contributed by atoms with Crippen molar-refractivity contribution in [2.45, 2.75) is 108 Å². The molecule has 0 aromatic heterocycles. The molecular formula is C43H52N2O5. The summed E-state index contributed by atoms with van der Waals surface area (Å²) >= 11 is 0. The second-order valence-electron chi connectivity index (χ2n) is 14.9. The summed E-state index contributed by atoms with van der Waals surface area (Å²) in [6.45, 7) is 7.81. The summed E-state index contributed by atoms with van der Waals surface area (Å²) in [6, 6.07) is 22.9. The molecule has 7 heteroatoms. The molecule has 3 aromatic carbocycles. The van der Waals surface area contributed by atoms with Crippen molar-refractivity contribution < 1.29 is 24.2 Å². The first kappa shape index (κ1) is 34.4. The highest BCUT2D eigenvalue weighted by Crippen LogP contribution is 2.65. The van der Waals surface area contributed by atoms with E-state index in [1.165, 1.54) is 18.1 Å². The van der Waals surface area contributed by atoms with Gasteiger partial charge in [-0.1, -0.05) is 73.2 Å². The Morgan fingerprint density at radius 3 is 2.38 bits per heavy atom. The minimum Gasteiger partial charge on any atom is -0.508 e. The number of phenols is 1. The van der Waals surface area contributed by atoms with Crippen molar-refractivity contribution in [3.63, 3.8) is 0 Å². The number of benzene rings is 3. The minimum atomic E-state index is -0.443. The number of hydrogen-bond acceptors (Lipinski definition) is 6. The summed E-state index contributed by atoms with van der Waals surface area (Å²) in [5.74, 6) is 1.14. The van der Waals surface area contributed by atoms with Gasteiger partial charge >= 0.3 is 5.97 Å². The summed E-state index contributed by atoms with van der Waals surface area (Å²) in [6.07, 6.45) is 12.6. The lowest BCUT2D eigenvalue weighted by atomic mass is 9.50. The molecule has 2 heterocycles. The zero-order valence-electron chi connectivity index (χ0n) is 29.5. The summed E-state index contributed by atoms with van der Waals surface area (Å²) in [4.78, 5) is 31.3. The molecule has 2 aliphatic heterocycles. The van der Waals surface area contributed by atoms with Gasteiger partial charge in [0.25, 0.3) is 0 Å². The number of piperidine rings is 1. The number of amides is 1. The van der Waals surface area contributed by atoms with E-state index in [4.69, 9.17) is 9.47 Å². The Kier molecular flexibility index (Phi) is 10.3. The van der Waals surface area contributed by atoms with Crippen molar-refractivity contribution in [1.29, 1.82) is 0 Å². The van der Waals surface area contributed by atoms with Crippen LogP contribution in [0.3, 0.4) is 0 Å². The molecule has 1 N–H and O–H groups in total. The van der Waals surface area contributed by atoms with E-state index in [0.29, 0.717) is 30.4 Å². The van der Waals surface area contributed by atoms with Gasteiger partial charge in [0, 0.05) is 55.1 Å². The fraction of sp³-hybridized carbons (Fsp3) is 0.488. The first-order chi connectivity index (χ1) is 24.4. The zero-order chi connectivity index (χ0) is 34.7. The van der Waals surface area contributed by atoms with Crippen LogP contribution in [0.1, 0.15) is 87.0 Å². The lowest BCUT2D eigenvalue weighted by Crippen LogP contribution is -2.69. The summed E-state index contributed by atoms with van der Waals surface area (Å²) in [5, 5.41) is 11.4. The van der Waals surface area contributed by atoms with Crippen LogP contribution in [0.2, 0.25) is 0 Å². The number of ether oxygens (including phenoxy) is 2. The highest BCUT2D eigenvalue weighted by Gasteiger charge is 2.67. The highest BCUT2D eigenvalue weighted by atomic mass is 16.6. The molecule has 4 aliphatic rings. The Bertz CT molecular complexity index is 1680. The van der Waals surface area contributed by atoms with Gasteiger partial charge in [-0.3, -0.25) is 14.5 Å². The molecule has 1 saturated carbocycles. The van der Waals surface area contributed by atoms with Crippen molar-refractivity contribution in [3.05, 3.63) is 102 Å². The molecule has 5 atom stereocenters. The molecule has 2 bridgehead atoms. The molecule has 0 radical (unpaired) electrons. The van der Waals surface area contributed by atoms with Gasteiger partial charge in [0.1, 0.15) is 11.9 Å². The first-order valence-corrected chi connectivity index (χ1v) is 18.9. The van der Waals surface area contributed by atoms with Gasteiger partial charge in [0.15, 0.2) is 11.5 Å². The predicted octanol–water partition coefficient (Wildman–Crippen LogP) is 7.57. The number of unbranched alkanes of at least 4 members (excludes halogenated alkanes) is 3. The van der Waals surface area contributed by atoms with Crippen molar-refractivity contribution in [2.24, 2.45) is 5.92 Å². The van der Waals surface area contributed by atoms with Gasteiger partial charge in [0.2, 0.25) is 5.91 Å². The molecule has 1 spiro atoms. The Hall–Kier alpha value is -4.10. The van der Waals surface area contributed by atoms with Crippen LogP contribution in [0.25, 0.3) is 0 Å². The number of esters is 1. The standard InChI is InChI=1S/C43H52N2O5/c1-3-25-44-27-24-43-34-22-23-35(42(43)50-41-38(49-30(2)46)29-37(47)33(40(41)43)28-36(34)44)45(26-14-13-20-32-17-9-5-10-18-32)39(48)21-12-6-11-19-31-15-7-4-8-16-31/h3-5,7-10,15-18,29,34-36,42,47H,1,6,11-14,19-28H2,2H3/t34-,35+,36+,42-,43-/m0/s1. The van der Waals surface area contributed by atoms with Gasteiger partial charge in [0.05, 0.1) is 6.04 Å². The van der Waals surface area contributed by atoms with E-state index >= 15 is 0 Å². The highest BCUT2D eigenvalue weighted by molar-refractivity contribution is 5.77. The molecule has 1 amide bonds. The monoisotopic (exact) mass is 676 g/mol. The van der Waals surface area contributed by atoms with Crippen molar-refractivity contribution in [2.75, 3.05) is 19.6 Å². The van der Waals surface area contributed by atoms with E-state index in [2.05, 4.69) is 77.0 Å². The number of nitrogens with zero attached hydrogens (tertiary/aromatic N) is 2. The molecule has 3 aromatic rings. The van der Waals surface area contributed by atoms with Crippen molar-refractivity contribution in [1.82, 2.24) is 9.80 Å². The maximum atomic E-state index is 14.4. The van der Waals surface area contributed by atoms with Crippen LogP contribution >= 0.6 is 0 Å². The largest absolute Gasteiger partial charge is 0.508 e. The van der Waals surface area contributed by atoms with Gasteiger partial charge in [-0.25, -0.2) is 0 Å². The Balaban J connectivity index is 1.16. The zero-order valence-corrected chi connectivity index (χ0v) is 29.5. The molecule has 2 aliphatic carbocycles. The molecule has 7 nitrogen and oxygen atoms in total. The average Bonchev–Trinajstić information content (AvgIpc) is 3.46. The molecule has 264 valence electrons. The number of carbonyl (C=O) groups is 2. The third-order valence-corrected chi connectivity index (χ3v) is 12.0. The van der Waals surface area contributed by atoms with Gasteiger partial charge in [-0.2, -0.15) is 0 Å². The third kappa shape index (κ3) is 6.57. The third-order valence-electron chi connectivity index (χ3n) is 12.0. The van der Waals surface area contributed by atoms with Gasteiger partial charge < -0.3 is 19.5 Å². The molecule has 7 rings (SSSR count). The van der Waals surface area contributed by atoms with E-state index in [1.54, 1.807) is 6.07 Å². The van der Waals surface area contributed by atoms with Crippen LogP contribution in [0.5, 0.6) is 17.2 Å². The number of rotatable bonds is 15. The number of aryl methyl sites for hydroxylation is 2. The van der Waals surface area contributed by atoms with Crippen LogP contribution in [-0.4, -0.2) is 64.6 Å². The van der Waals surface area contributed by atoms with Crippen molar-refractivity contribution in [3.8, 4) is 17.2 Å². The second kappa shape index (κ2) is 15.0. The number of phenolic OH excluding ortho intramolecular Hbond substituents is 1. The maximum Gasteiger partial charge on any atom is 0.308 e. The topological polar surface area (TPSA) is 79.3 Å². The Morgan fingerprint density at radius 1 is 1.00 bits per heavy atom. The molecule has 1 saturated heterocycles. The van der Waals surface area contributed by atoms with Gasteiger partial charge in [-0.15, -0.1) is 6.58 Å². The molecule has 50 heavy (non-hydrogen) atoms. The van der Waals surface area contributed by atoms with E-state index in [1.807, 2.05) is 6.08 Å². The average molecular weight is 677 g/mol. The van der Waals surface area contributed by atoms with E-state index < -0.39 is 5.97 Å². The second-order valence-corrected chi connectivity index (χ2v) is 14.9. The van der Waals surface area contributed by atoms with Crippen LogP contribution in [-0.2, 0) is 34.3 Å². The fourth-order valence-electron chi connectivity index (χ4n) is 9.89. The number of hydrogen-bond donors (Lipinski definition) is 1. The Labute approximate surface area is 297 Å². The minimum absolute atomic E-state index is 0.0999. The predicted molar refractivity (Wildman–Crippen MR) is 196 cm³/mol. The van der Waals surface area contributed by atoms with Gasteiger partial charge in [-0.05, 0) is 87.8 Å². The first-order valence-electron chi connectivity index (χ1n) is 18.9. The van der Waals surface area contributed by atoms with Crippen molar-refractivity contribution >= 4 is 11.9 Å². The molecule has 0 unspecified atom stereocenters. The van der Waals surface area contributed by atoms with E-state index in [9.17, 15) is 14.7 Å². The van der Waals surface area contributed by atoms with E-state index in [-0.39, 0.29) is 35.3 Å². The summed E-state index contributed by atoms with van der Waals surface area (Å²) in [7, 11) is 0. The number of aromatic hydroxyl groups is 1. The number of likely N-dealkylation sites (tertiary alicyclic amines) is 1. The maximum absolute atomic E-state index is 14.4. The van der Waals surface area contributed by atoms with E-state index in [0.717, 1.165) is 94.8 Å². The summed E-state index contributed by atoms with van der Waals surface area (Å²) < 4.78 is 12.7. The normalized spacial score (nSPS) is 24.6. The van der Waals surface area contributed by atoms with Crippen LogP contribution in [0.4, 0.5) is 0 Å². The SMILES string of the molecule is C=CCN1CC[C@]23c4c5c(O)cc(OC(C)=O)c4O[C@H]2[C@H](N(CCCCc2ccccc2)C(=O)CCCCCc2ccccc2)CC[C@H]3[C@H]1C5. The number of carbonyl (C=O) groups excluding carboxylic acids is 2. The summed E-state index contributed by atoms with van der Waals surface area (Å²) in [5.41, 5.74) is 4.24. The molecular weight excluding hydrogens is 624 g/mol. The van der Waals surface area contributed by atoms with Crippen LogP contribution in [0.15, 0.2) is 79.4 Å². The smallest absolute Gasteiger partial charge is 0.308 e.